The second kappa shape index (κ2) is 7.48. The third-order valence-electron chi connectivity index (χ3n) is 5.05. The number of nitrogens with one attached hydrogen (secondary N) is 1. The lowest BCUT2D eigenvalue weighted by atomic mass is 9.76. The van der Waals surface area contributed by atoms with Crippen LogP contribution in [-0.4, -0.2) is 40.0 Å². The molecule has 9 heteroatoms. The molecule has 146 valence electrons. The fourth-order valence-electron chi connectivity index (χ4n) is 3.57. The monoisotopic (exact) mass is 401 g/mol. The Morgan fingerprint density at radius 1 is 1.39 bits per heavy atom. The molecule has 1 saturated heterocycles. The molecule has 0 spiro atoms. The minimum atomic E-state index is -0.873. The molecular weight excluding hydrogens is 381 g/mol. The minimum absolute atomic E-state index is 0.113. The molecule has 1 aromatic carbocycles. The first kappa shape index (κ1) is 18.8. The Labute approximate surface area is 166 Å². The Morgan fingerprint density at radius 2 is 2.25 bits per heavy atom. The van der Waals surface area contributed by atoms with Gasteiger partial charge in [0.25, 0.3) is 5.91 Å². The van der Waals surface area contributed by atoms with Gasteiger partial charge in [0.05, 0.1) is 18.5 Å². The number of amides is 1. The zero-order valence-electron chi connectivity index (χ0n) is 15.3. The summed E-state index contributed by atoms with van der Waals surface area (Å²) in [4.78, 5) is 25.2. The molecule has 1 aromatic heterocycles. The first-order chi connectivity index (χ1) is 13.5. The van der Waals surface area contributed by atoms with E-state index in [-0.39, 0.29) is 18.2 Å². The van der Waals surface area contributed by atoms with E-state index in [4.69, 9.17) is 10.5 Å². The first-order valence-electron chi connectivity index (χ1n) is 8.94. The number of hydrogen-bond donors (Lipinski definition) is 2. The summed E-state index contributed by atoms with van der Waals surface area (Å²) in [5.41, 5.74) is 6.84. The molecular formula is C19H20FN5O2S. The van der Waals surface area contributed by atoms with Gasteiger partial charge in [0.15, 0.2) is 5.17 Å². The molecule has 0 radical (unpaired) electrons. The number of carbonyl (C=O) groups excluding carboxylic acids is 1. The Morgan fingerprint density at radius 3 is 3.04 bits per heavy atom. The Hall–Kier alpha value is -2.52. The fraction of sp³-hybridized carbons (Fsp3) is 0.368. The van der Waals surface area contributed by atoms with E-state index in [1.54, 1.807) is 13.0 Å². The number of aryl methyl sites for hydroxylation is 1. The molecule has 2 aliphatic heterocycles. The van der Waals surface area contributed by atoms with Crippen molar-refractivity contribution >= 4 is 28.5 Å². The number of aliphatic imine (C=N–C) groups is 1. The number of thioether (sulfide) groups is 1. The van der Waals surface area contributed by atoms with Crippen molar-refractivity contribution in [2.75, 3.05) is 24.3 Å². The van der Waals surface area contributed by atoms with Gasteiger partial charge in [-0.15, -0.1) is 0 Å². The minimum Gasteiger partial charge on any atom is -0.379 e. The van der Waals surface area contributed by atoms with Crippen LogP contribution in [0.1, 0.15) is 28.2 Å². The predicted octanol–water partition coefficient (Wildman–Crippen LogP) is 2.47. The molecule has 0 unspecified atom stereocenters. The second-order valence-corrected chi connectivity index (χ2v) is 7.96. The maximum atomic E-state index is 14.8. The Kier molecular flexibility index (Phi) is 5.03. The molecule has 0 bridgehead atoms. The summed E-state index contributed by atoms with van der Waals surface area (Å²) in [7, 11) is 0. The van der Waals surface area contributed by atoms with Crippen LogP contribution in [0.4, 0.5) is 10.1 Å². The van der Waals surface area contributed by atoms with Gasteiger partial charge in [-0.05, 0) is 31.5 Å². The predicted molar refractivity (Wildman–Crippen MR) is 106 cm³/mol. The van der Waals surface area contributed by atoms with Crippen molar-refractivity contribution in [3.8, 4) is 0 Å². The standard InChI is InChI=1S/C19H20FN5O2S/c1-11-7-23-16(8-22-11)17(26)24-13-2-3-15(20)14(6-13)19-10-27-5-4-12(19)9-28-18(21)25-19/h2-3,6-8,12H,4-5,9-10H2,1H3,(H2,21,25)(H,24,26)/t12-,19-/m0/s1. The van der Waals surface area contributed by atoms with E-state index in [2.05, 4.69) is 20.3 Å². The van der Waals surface area contributed by atoms with Crippen molar-refractivity contribution in [2.24, 2.45) is 16.6 Å². The molecule has 1 amide bonds. The summed E-state index contributed by atoms with van der Waals surface area (Å²) in [5, 5.41) is 3.18. The number of hydrogen-bond acceptors (Lipinski definition) is 7. The van der Waals surface area contributed by atoms with Crippen LogP contribution in [0.2, 0.25) is 0 Å². The van der Waals surface area contributed by atoms with Gasteiger partial charge >= 0.3 is 0 Å². The molecule has 1 fully saturated rings. The van der Waals surface area contributed by atoms with Crippen molar-refractivity contribution in [3.05, 3.63) is 53.4 Å². The van der Waals surface area contributed by atoms with E-state index in [9.17, 15) is 9.18 Å². The molecule has 3 N–H and O–H groups in total. The zero-order chi connectivity index (χ0) is 19.7. The number of nitrogens with two attached hydrogens (primary N) is 1. The van der Waals surface area contributed by atoms with Gasteiger partial charge in [0.1, 0.15) is 17.1 Å². The average molecular weight is 401 g/mol. The van der Waals surface area contributed by atoms with E-state index in [1.165, 1.54) is 36.3 Å². The molecule has 0 aliphatic carbocycles. The summed E-state index contributed by atoms with van der Waals surface area (Å²) in [5.74, 6) is 0.0588. The van der Waals surface area contributed by atoms with Crippen molar-refractivity contribution in [2.45, 2.75) is 18.9 Å². The van der Waals surface area contributed by atoms with E-state index in [0.717, 1.165) is 12.2 Å². The van der Waals surface area contributed by atoms with Crippen LogP contribution in [0.5, 0.6) is 0 Å². The van der Waals surface area contributed by atoms with Crippen LogP contribution < -0.4 is 11.1 Å². The van der Waals surface area contributed by atoms with Gasteiger partial charge in [-0.2, -0.15) is 0 Å². The lowest BCUT2D eigenvalue weighted by Gasteiger charge is -2.43. The number of nitrogens with zero attached hydrogens (tertiary/aromatic N) is 3. The van der Waals surface area contributed by atoms with E-state index in [0.29, 0.717) is 28.7 Å². The molecule has 0 saturated carbocycles. The smallest absolute Gasteiger partial charge is 0.275 e. The highest BCUT2D eigenvalue weighted by molar-refractivity contribution is 8.13. The molecule has 4 rings (SSSR count). The second-order valence-electron chi connectivity index (χ2n) is 6.92. The molecule has 28 heavy (non-hydrogen) atoms. The first-order valence-corrected chi connectivity index (χ1v) is 9.92. The van der Waals surface area contributed by atoms with Crippen LogP contribution in [0.25, 0.3) is 0 Å². The number of halogens is 1. The zero-order valence-corrected chi connectivity index (χ0v) is 16.1. The van der Waals surface area contributed by atoms with Gasteiger partial charge in [-0.1, -0.05) is 11.8 Å². The average Bonchev–Trinajstić information content (AvgIpc) is 2.69. The van der Waals surface area contributed by atoms with Gasteiger partial charge < -0.3 is 15.8 Å². The molecule has 2 atom stereocenters. The SMILES string of the molecule is Cc1cnc(C(=O)Nc2ccc(F)c([C@]34COCC[C@H]3CSC(N)=N4)c2)cn1. The van der Waals surface area contributed by atoms with Crippen LogP contribution in [0, 0.1) is 18.7 Å². The number of amidine groups is 1. The number of ether oxygens (including phenoxy) is 1. The maximum absolute atomic E-state index is 14.8. The lowest BCUT2D eigenvalue weighted by Crippen LogP contribution is -2.48. The van der Waals surface area contributed by atoms with Gasteiger partial charge in [-0.3, -0.25) is 9.78 Å². The highest BCUT2D eigenvalue weighted by Crippen LogP contribution is 2.45. The van der Waals surface area contributed by atoms with Gasteiger partial charge in [0, 0.05) is 35.7 Å². The third-order valence-corrected chi connectivity index (χ3v) is 6.01. The van der Waals surface area contributed by atoms with Crippen molar-refractivity contribution in [1.29, 1.82) is 0 Å². The van der Waals surface area contributed by atoms with Crippen molar-refractivity contribution in [1.82, 2.24) is 9.97 Å². The number of carbonyl (C=O) groups is 1. The number of aromatic nitrogens is 2. The van der Waals surface area contributed by atoms with Crippen LogP contribution in [0.3, 0.4) is 0 Å². The van der Waals surface area contributed by atoms with Crippen LogP contribution >= 0.6 is 11.8 Å². The Bertz CT molecular complexity index is 936. The third kappa shape index (κ3) is 3.47. The van der Waals surface area contributed by atoms with Gasteiger partial charge in [0.2, 0.25) is 0 Å². The summed E-state index contributed by atoms with van der Waals surface area (Å²) in [6.45, 7) is 2.67. The summed E-state index contributed by atoms with van der Waals surface area (Å²) in [6.07, 6.45) is 3.70. The number of benzene rings is 1. The van der Waals surface area contributed by atoms with Crippen molar-refractivity contribution in [3.63, 3.8) is 0 Å². The molecule has 2 aromatic rings. The van der Waals surface area contributed by atoms with E-state index >= 15 is 0 Å². The Balaban J connectivity index is 1.68. The van der Waals surface area contributed by atoms with Gasteiger partial charge in [-0.25, -0.2) is 14.4 Å². The number of fused-ring (bicyclic) bond motifs is 1. The summed E-state index contributed by atoms with van der Waals surface area (Å²) in [6, 6.07) is 4.46. The van der Waals surface area contributed by atoms with Crippen LogP contribution in [0.15, 0.2) is 35.6 Å². The lowest BCUT2D eigenvalue weighted by molar-refractivity contribution is 0.00304. The topological polar surface area (TPSA) is 102 Å². The largest absolute Gasteiger partial charge is 0.379 e. The van der Waals surface area contributed by atoms with E-state index < -0.39 is 17.3 Å². The maximum Gasteiger partial charge on any atom is 0.275 e. The molecule has 3 heterocycles. The fourth-order valence-corrected chi connectivity index (χ4v) is 4.61. The highest BCUT2D eigenvalue weighted by Gasteiger charge is 2.47. The number of anilines is 1. The number of rotatable bonds is 3. The summed E-state index contributed by atoms with van der Waals surface area (Å²) >= 11 is 1.48. The highest BCUT2D eigenvalue weighted by atomic mass is 32.2. The quantitative estimate of drug-likeness (QED) is 0.819. The van der Waals surface area contributed by atoms with Crippen molar-refractivity contribution < 1.29 is 13.9 Å². The normalized spacial score (nSPS) is 24.2. The summed E-state index contributed by atoms with van der Waals surface area (Å²) < 4.78 is 20.5. The molecule has 7 nitrogen and oxygen atoms in total. The van der Waals surface area contributed by atoms with Crippen LogP contribution in [-0.2, 0) is 10.3 Å². The van der Waals surface area contributed by atoms with E-state index in [1.807, 2.05) is 0 Å². The molecule has 2 aliphatic rings.